The Morgan fingerprint density at radius 3 is 2.58 bits per heavy atom. The fourth-order valence-electron chi connectivity index (χ4n) is 3.27. The van der Waals surface area contributed by atoms with Gasteiger partial charge < -0.3 is 14.5 Å². The molecule has 0 aliphatic carbocycles. The van der Waals surface area contributed by atoms with E-state index in [1.54, 1.807) is 18.2 Å². The highest BCUT2D eigenvalue weighted by atomic mass is 16.5. The zero-order valence-electron chi connectivity index (χ0n) is 19.1. The van der Waals surface area contributed by atoms with Gasteiger partial charge in [-0.2, -0.15) is 0 Å². The van der Waals surface area contributed by atoms with Crippen LogP contribution in [0.15, 0.2) is 64.3 Å². The average molecular weight is 450 g/mol. The van der Waals surface area contributed by atoms with Crippen molar-refractivity contribution in [2.75, 3.05) is 6.61 Å². The van der Waals surface area contributed by atoms with Crippen molar-refractivity contribution in [2.45, 2.75) is 33.2 Å². The fourth-order valence-corrected chi connectivity index (χ4v) is 3.27. The van der Waals surface area contributed by atoms with E-state index in [1.807, 2.05) is 52.0 Å². The number of ether oxygens (including phenoxy) is 1. The van der Waals surface area contributed by atoms with Crippen molar-refractivity contribution in [3.05, 3.63) is 82.2 Å². The van der Waals surface area contributed by atoms with E-state index in [1.165, 1.54) is 6.07 Å². The maximum atomic E-state index is 12.3. The van der Waals surface area contributed by atoms with E-state index in [2.05, 4.69) is 22.7 Å². The summed E-state index contributed by atoms with van der Waals surface area (Å²) in [5.41, 5.74) is 7.43. The molecule has 0 atom stereocenters. The standard InChI is InChI=1S/C25H27N3O5/c1-15(2)17-7-6-8-18(12-17)25(4,5)26-24(31)28-27-22(29)14-32-19-9-10-20-16(3)11-23(30)33-21(20)13-19/h6-13H,1,14H2,2-5H3,(H,27,29)(H2,26,28,31). The molecule has 3 N–H and O–H groups in total. The molecule has 2 aromatic carbocycles. The molecule has 0 unspecified atom stereocenters. The summed E-state index contributed by atoms with van der Waals surface area (Å²) in [5, 5.41) is 3.60. The monoisotopic (exact) mass is 449 g/mol. The minimum atomic E-state index is -0.691. The van der Waals surface area contributed by atoms with Crippen LogP contribution in [0.5, 0.6) is 5.75 Å². The van der Waals surface area contributed by atoms with Crippen LogP contribution in [0.3, 0.4) is 0 Å². The topological polar surface area (TPSA) is 110 Å². The second kappa shape index (κ2) is 9.60. The van der Waals surface area contributed by atoms with Gasteiger partial charge >= 0.3 is 11.7 Å². The Bertz CT molecular complexity index is 1280. The van der Waals surface area contributed by atoms with Gasteiger partial charge in [0.05, 0.1) is 5.54 Å². The lowest BCUT2D eigenvalue weighted by atomic mass is 9.92. The van der Waals surface area contributed by atoms with Crippen LogP contribution in [0.25, 0.3) is 16.5 Å². The summed E-state index contributed by atoms with van der Waals surface area (Å²) < 4.78 is 10.6. The molecule has 1 heterocycles. The first kappa shape index (κ1) is 23.6. The number of hydrazine groups is 1. The molecule has 1 aromatic heterocycles. The maximum absolute atomic E-state index is 12.3. The Labute approximate surface area is 191 Å². The number of benzene rings is 2. The number of aryl methyl sites for hydroxylation is 1. The summed E-state index contributed by atoms with van der Waals surface area (Å²) in [4.78, 5) is 35.9. The van der Waals surface area contributed by atoms with Crippen LogP contribution in [0, 0.1) is 6.92 Å². The first-order valence-electron chi connectivity index (χ1n) is 10.4. The molecule has 8 heteroatoms. The molecule has 0 spiro atoms. The lowest BCUT2D eigenvalue weighted by Gasteiger charge is -2.27. The number of hydrogen-bond donors (Lipinski definition) is 3. The quantitative estimate of drug-likeness (QED) is 0.392. The molecule has 0 radical (unpaired) electrons. The molecule has 0 aliphatic rings. The molecule has 172 valence electrons. The second-order valence-corrected chi connectivity index (χ2v) is 8.31. The lowest BCUT2D eigenvalue weighted by molar-refractivity contribution is -0.123. The van der Waals surface area contributed by atoms with Gasteiger partial charge in [0, 0.05) is 17.5 Å². The third kappa shape index (κ3) is 6.00. The number of urea groups is 1. The Balaban J connectivity index is 1.53. The van der Waals surface area contributed by atoms with Crippen LogP contribution in [-0.2, 0) is 10.3 Å². The smallest absolute Gasteiger partial charge is 0.336 e. The van der Waals surface area contributed by atoms with E-state index >= 15 is 0 Å². The first-order valence-corrected chi connectivity index (χ1v) is 10.4. The summed E-state index contributed by atoms with van der Waals surface area (Å²) in [6.45, 7) is 11.0. The summed E-state index contributed by atoms with van der Waals surface area (Å²) in [6.07, 6.45) is 0. The van der Waals surface area contributed by atoms with Crippen molar-refractivity contribution in [1.82, 2.24) is 16.2 Å². The molecule has 3 rings (SSSR count). The van der Waals surface area contributed by atoms with Gasteiger partial charge in [-0.05, 0) is 62.6 Å². The largest absolute Gasteiger partial charge is 0.484 e. The number of fused-ring (bicyclic) bond motifs is 1. The van der Waals surface area contributed by atoms with E-state index in [0.717, 1.165) is 27.6 Å². The van der Waals surface area contributed by atoms with Crippen LogP contribution in [0.2, 0.25) is 0 Å². The molecule has 3 amide bonds. The Morgan fingerprint density at radius 2 is 1.85 bits per heavy atom. The normalized spacial score (nSPS) is 11.0. The average Bonchev–Trinajstić information content (AvgIpc) is 2.75. The Hall–Kier alpha value is -4.07. The summed E-state index contributed by atoms with van der Waals surface area (Å²) in [7, 11) is 0. The predicted octanol–water partition coefficient (Wildman–Crippen LogP) is 3.78. The van der Waals surface area contributed by atoms with Crippen LogP contribution >= 0.6 is 0 Å². The van der Waals surface area contributed by atoms with Gasteiger partial charge in [-0.3, -0.25) is 10.2 Å². The van der Waals surface area contributed by atoms with Crippen molar-refractivity contribution >= 4 is 28.5 Å². The number of carbonyl (C=O) groups excluding carboxylic acids is 2. The Kier molecular flexibility index (Phi) is 6.86. The molecule has 0 fully saturated rings. The zero-order chi connectivity index (χ0) is 24.2. The van der Waals surface area contributed by atoms with Crippen molar-refractivity contribution in [2.24, 2.45) is 0 Å². The molecule has 0 saturated carbocycles. The number of amides is 3. The minimum Gasteiger partial charge on any atom is -0.484 e. The van der Waals surface area contributed by atoms with E-state index in [9.17, 15) is 14.4 Å². The molecule has 8 nitrogen and oxygen atoms in total. The van der Waals surface area contributed by atoms with Crippen LogP contribution in [0.4, 0.5) is 4.79 Å². The van der Waals surface area contributed by atoms with Crippen molar-refractivity contribution in [3.63, 3.8) is 0 Å². The molecular weight excluding hydrogens is 422 g/mol. The van der Waals surface area contributed by atoms with Crippen LogP contribution < -0.4 is 26.5 Å². The van der Waals surface area contributed by atoms with Gasteiger partial charge in [-0.25, -0.2) is 15.0 Å². The lowest BCUT2D eigenvalue weighted by Crippen LogP contribution is -2.53. The van der Waals surface area contributed by atoms with Gasteiger partial charge in [-0.1, -0.05) is 30.4 Å². The number of rotatable bonds is 6. The van der Waals surface area contributed by atoms with E-state index in [4.69, 9.17) is 9.15 Å². The van der Waals surface area contributed by atoms with Crippen molar-refractivity contribution in [3.8, 4) is 5.75 Å². The molecule has 0 saturated heterocycles. The number of carbonyl (C=O) groups is 2. The van der Waals surface area contributed by atoms with Gasteiger partial charge in [-0.15, -0.1) is 0 Å². The van der Waals surface area contributed by atoms with Gasteiger partial charge in [0.2, 0.25) is 0 Å². The number of nitrogens with one attached hydrogen (secondary N) is 3. The second-order valence-electron chi connectivity index (χ2n) is 8.31. The minimum absolute atomic E-state index is 0.341. The SMILES string of the molecule is C=C(C)c1cccc(C(C)(C)NC(=O)NNC(=O)COc2ccc3c(C)cc(=O)oc3c2)c1. The summed E-state index contributed by atoms with van der Waals surface area (Å²) >= 11 is 0. The number of hydrogen-bond acceptors (Lipinski definition) is 5. The molecule has 33 heavy (non-hydrogen) atoms. The van der Waals surface area contributed by atoms with Crippen molar-refractivity contribution < 1.29 is 18.7 Å². The van der Waals surface area contributed by atoms with E-state index in [0.29, 0.717) is 11.3 Å². The third-order valence-electron chi connectivity index (χ3n) is 5.11. The third-order valence-corrected chi connectivity index (χ3v) is 5.11. The Morgan fingerprint density at radius 1 is 1.09 bits per heavy atom. The summed E-state index contributed by atoms with van der Waals surface area (Å²) in [5.74, 6) is -0.201. The highest BCUT2D eigenvalue weighted by molar-refractivity contribution is 5.83. The maximum Gasteiger partial charge on any atom is 0.336 e. The zero-order valence-corrected chi connectivity index (χ0v) is 19.1. The predicted molar refractivity (Wildman–Crippen MR) is 127 cm³/mol. The first-order chi connectivity index (χ1) is 15.5. The van der Waals surface area contributed by atoms with Gasteiger partial charge in [0.25, 0.3) is 5.91 Å². The summed E-state index contributed by atoms with van der Waals surface area (Å²) in [6, 6.07) is 13.5. The van der Waals surface area contributed by atoms with Crippen molar-refractivity contribution in [1.29, 1.82) is 0 Å². The molecule has 3 aromatic rings. The fraction of sp³-hybridized carbons (Fsp3) is 0.240. The molecule has 0 aliphatic heterocycles. The molecule has 0 bridgehead atoms. The van der Waals surface area contributed by atoms with Crippen LogP contribution in [0.1, 0.15) is 37.5 Å². The van der Waals surface area contributed by atoms with Gasteiger partial charge in [0.15, 0.2) is 6.61 Å². The van der Waals surface area contributed by atoms with E-state index < -0.39 is 23.1 Å². The number of allylic oxidation sites excluding steroid dienone is 1. The highest BCUT2D eigenvalue weighted by Gasteiger charge is 2.23. The molecular formula is C25H27N3O5. The van der Waals surface area contributed by atoms with Gasteiger partial charge in [0.1, 0.15) is 11.3 Å². The highest BCUT2D eigenvalue weighted by Crippen LogP contribution is 2.24. The van der Waals surface area contributed by atoms with Crippen LogP contribution in [-0.4, -0.2) is 18.5 Å². The van der Waals surface area contributed by atoms with E-state index in [-0.39, 0.29) is 6.61 Å².